The molecule has 2 saturated heterocycles. The summed E-state index contributed by atoms with van der Waals surface area (Å²) >= 11 is 0. The number of hydrogen-bond acceptors (Lipinski definition) is 4. The molecule has 2 fully saturated rings. The first-order valence-electron chi connectivity index (χ1n) is 8.86. The summed E-state index contributed by atoms with van der Waals surface area (Å²) in [6.45, 7) is 4.67. The molecule has 1 aromatic carbocycles. The van der Waals surface area contributed by atoms with E-state index in [2.05, 4.69) is 45.1 Å². The minimum atomic E-state index is 0.699. The molecule has 4 rings (SSSR count). The number of methoxy groups -OCH3 is 1. The van der Waals surface area contributed by atoms with Gasteiger partial charge in [0.05, 0.1) is 7.11 Å². The summed E-state index contributed by atoms with van der Waals surface area (Å²) in [5.41, 5.74) is 2.72. The van der Waals surface area contributed by atoms with E-state index in [1.807, 2.05) is 18.5 Å². The van der Waals surface area contributed by atoms with Crippen LogP contribution in [0.3, 0.4) is 0 Å². The largest absolute Gasteiger partial charge is 0.497 e. The lowest BCUT2D eigenvalue weighted by Gasteiger charge is -2.47. The average Bonchev–Trinajstić information content (AvgIpc) is 2.62. The zero-order valence-corrected chi connectivity index (χ0v) is 14.3. The Hall–Kier alpha value is -2.07. The molecule has 0 spiro atoms. The number of ether oxygens (including phenoxy) is 1. The Morgan fingerprint density at radius 3 is 2.50 bits per heavy atom. The van der Waals surface area contributed by atoms with Gasteiger partial charge in [0, 0.05) is 62.3 Å². The Labute approximate surface area is 144 Å². The molecule has 3 heterocycles. The van der Waals surface area contributed by atoms with Crippen LogP contribution in [-0.4, -0.2) is 49.2 Å². The van der Waals surface area contributed by atoms with Gasteiger partial charge in [0.2, 0.25) is 0 Å². The third-order valence-electron chi connectivity index (χ3n) is 5.49. The predicted molar refractivity (Wildman–Crippen MR) is 96.8 cm³/mol. The van der Waals surface area contributed by atoms with Crippen molar-refractivity contribution in [3.05, 3.63) is 54.4 Å². The second-order valence-electron chi connectivity index (χ2n) is 6.85. The van der Waals surface area contributed by atoms with Gasteiger partial charge in [0.25, 0.3) is 0 Å². The summed E-state index contributed by atoms with van der Waals surface area (Å²) < 4.78 is 5.35. The highest BCUT2D eigenvalue weighted by molar-refractivity contribution is 5.51. The molecule has 4 heteroatoms. The molecule has 0 amide bonds. The van der Waals surface area contributed by atoms with Gasteiger partial charge < -0.3 is 9.64 Å². The van der Waals surface area contributed by atoms with Crippen LogP contribution in [0, 0.1) is 0 Å². The van der Waals surface area contributed by atoms with Crippen LogP contribution in [0.1, 0.15) is 24.3 Å². The van der Waals surface area contributed by atoms with E-state index in [-0.39, 0.29) is 0 Å². The Balaban J connectivity index is 1.29. The van der Waals surface area contributed by atoms with E-state index in [1.165, 1.54) is 37.2 Å². The summed E-state index contributed by atoms with van der Waals surface area (Å²) in [6, 6.07) is 13.5. The Morgan fingerprint density at radius 1 is 1.04 bits per heavy atom. The first-order valence-corrected chi connectivity index (χ1v) is 8.86. The third-order valence-corrected chi connectivity index (χ3v) is 5.49. The van der Waals surface area contributed by atoms with Crippen LogP contribution in [0.5, 0.6) is 5.75 Å². The van der Waals surface area contributed by atoms with Crippen molar-refractivity contribution in [1.82, 2.24) is 9.88 Å². The fraction of sp³-hybridized carbons (Fsp3) is 0.450. The summed E-state index contributed by atoms with van der Waals surface area (Å²) in [5, 5.41) is 0. The fourth-order valence-corrected chi connectivity index (χ4v) is 3.95. The molecule has 2 aliphatic rings. The Bertz CT molecular complexity index is 662. The second-order valence-corrected chi connectivity index (χ2v) is 6.85. The Kier molecular flexibility index (Phi) is 4.39. The van der Waals surface area contributed by atoms with Gasteiger partial charge in [-0.25, -0.2) is 0 Å². The molecule has 2 aromatic rings. The van der Waals surface area contributed by atoms with Crippen molar-refractivity contribution in [2.45, 2.75) is 24.8 Å². The van der Waals surface area contributed by atoms with Crippen molar-refractivity contribution in [3.63, 3.8) is 0 Å². The van der Waals surface area contributed by atoms with E-state index in [9.17, 15) is 0 Å². The first kappa shape index (κ1) is 15.5. The van der Waals surface area contributed by atoms with E-state index in [1.54, 1.807) is 7.11 Å². The van der Waals surface area contributed by atoms with Crippen molar-refractivity contribution in [2.75, 3.05) is 38.2 Å². The quantitative estimate of drug-likeness (QED) is 0.864. The van der Waals surface area contributed by atoms with E-state index in [0.717, 1.165) is 24.9 Å². The maximum absolute atomic E-state index is 5.35. The van der Waals surface area contributed by atoms with Crippen LogP contribution >= 0.6 is 0 Å². The van der Waals surface area contributed by atoms with E-state index in [4.69, 9.17) is 4.74 Å². The number of pyridine rings is 1. The Morgan fingerprint density at radius 2 is 1.79 bits per heavy atom. The number of hydrogen-bond donors (Lipinski definition) is 0. The van der Waals surface area contributed by atoms with Crippen molar-refractivity contribution in [1.29, 1.82) is 0 Å². The van der Waals surface area contributed by atoms with Crippen LogP contribution < -0.4 is 9.64 Å². The standard InChI is InChI=1S/C20H25N3O/c1-24-20-4-2-3-19(13-20)22-11-7-18(8-12-22)23-14-17(15-23)16-5-9-21-10-6-16/h2-6,9-10,13,17-18H,7-8,11-12,14-15H2,1H3. The number of aromatic nitrogens is 1. The highest BCUT2D eigenvalue weighted by atomic mass is 16.5. The lowest BCUT2D eigenvalue weighted by atomic mass is 9.88. The number of anilines is 1. The summed E-state index contributed by atoms with van der Waals surface area (Å²) in [4.78, 5) is 9.26. The smallest absolute Gasteiger partial charge is 0.120 e. The molecule has 0 bridgehead atoms. The van der Waals surface area contributed by atoms with Gasteiger partial charge in [-0.05, 0) is 42.7 Å². The minimum Gasteiger partial charge on any atom is -0.497 e. The molecule has 0 radical (unpaired) electrons. The van der Waals surface area contributed by atoms with Crippen molar-refractivity contribution >= 4 is 5.69 Å². The summed E-state index contributed by atoms with van der Waals surface area (Å²) in [6.07, 6.45) is 6.32. The molecule has 0 saturated carbocycles. The average molecular weight is 323 g/mol. The first-order chi connectivity index (χ1) is 11.8. The highest BCUT2D eigenvalue weighted by Gasteiger charge is 2.34. The van der Waals surface area contributed by atoms with Crippen molar-refractivity contribution < 1.29 is 4.74 Å². The highest BCUT2D eigenvalue weighted by Crippen LogP contribution is 2.32. The molecular formula is C20H25N3O. The molecule has 0 aliphatic carbocycles. The van der Waals surface area contributed by atoms with E-state index < -0.39 is 0 Å². The van der Waals surface area contributed by atoms with E-state index in [0.29, 0.717) is 5.92 Å². The zero-order chi connectivity index (χ0) is 16.4. The van der Waals surface area contributed by atoms with Gasteiger partial charge in [0.15, 0.2) is 0 Å². The molecule has 2 aliphatic heterocycles. The van der Waals surface area contributed by atoms with Crippen molar-refractivity contribution in [3.8, 4) is 5.75 Å². The molecular weight excluding hydrogens is 298 g/mol. The van der Waals surface area contributed by atoms with Gasteiger partial charge in [-0.1, -0.05) is 6.07 Å². The maximum atomic E-state index is 5.35. The minimum absolute atomic E-state index is 0.699. The monoisotopic (exact) mass is 323 g/mol. The normalized spacial score (nSPS) is 20.0. The van der Waals surface area contributed by atoms with Crippen LogP contribution in [0.4, 0.5) is 5.69 Å². The number of nitrogens with zero attached hydrogens (tertiary/aromatic N) is 3. The fourth-order valence-electron chi connectivity index (χ4n) is 3.95. The SMILES string of the molecule is COc1cccc(N2CCC(N3CC(c4ccncc4)C3)CC2)c1. The van der Waals surface area contributed by atoms with Crippen molar-refractivity contribution in [2.24, 2.45) is 0 Å². The van der Waals surface area contributed by atoms with Crippen LogP contribution in [0.25, 0.3) is 0 Å². The van der Waals surface area contributed by atoms with Gasteiger partial charge >= 0.3 is 0 Å². The number of rotatable bonds is 4. The zero-order valence-electron chi connectivity index (χ0n) is 14.3. The van der Waals surface area contributed by atoms with Crippen LogP contribution in [0.2, 0.25) is 0 Å². The summed E-state index contributed by atoms with van der Waals surface area (Å²) in [5.74, 6) is 1.64. The number of benzene rings is 1. The lowest BCUT2D eigenvalue weighted by molar-refractivity contribution is 0.0765. The predicted octanol–water partition coefficient (Wildman–Crippen LogP) is 3.16. The van der Waals surface area contributed by atoms with Gasteiger partial charge in [-0.15, -0.1) is 0 Å². The topological polar surface area (TPSA) is 28.6 Å². The van der Waals surface area contributed by atoms with Gasteiger partial charge in [-0.2, -0.15) is 0 Å². The van der Waals surface area contributed by atoms with Gasteiger partial charge in [0.1, 0.15) is 5.75 Å². The molecule has 126 valence electrons. The van der Waals surface area contributed by atoms with Gasteiger partial charge in [-0.3, -0.25) is 9.88 Å². The number of piperidine rings is 1. The molecule has 0 N–H and O–H groups in total. The van der Waals surface area contributed by atoms with E-state index >= 15 is 0 Å². The molecule has 24 heavy (non-hydrogen) atoms. The molecule has 4 nitrogen and oxygen atoms in total. The molecule has 1 aromatic heterocycles. The molecule has 0 unspecified atom stereocenters. The lowest BCUT2D eigenvalue weighted by Crippen LogP contribution is -2.54. The summed E-state index contributed by atoms with van der Waals surface area (Å²) in [7, 11) is 1.73. The van der Waals surface area contributed by atoms with Crippen LogP contribution in [0.15, 0.2) is 48.8 Å². The molecule has 0 atom stereocenters. The third kappa shape index (κ3) is 3.11. The maximum Gasteiger partial charge on any atom is 0.120 e. The van der Waals surface area contributed by atoms with Crippen LogP contribution in [-0.2, 0) is 0 Å². The second kappa shape index (κ2) is 6.81. The number of likely N-dealkylation sites (tertiary alicyclic amines) is 1.